The lowest BCUT2D eigenvalue weighted by Gasteiger charge is -2.12. The number of alkyl halides is 3. The molecule has 0 saturated heterocycles. The molecule has 1 aromatic carbocycles. The standard InChI is InChI=1S/C14H18F3NO/c1-3-5-10(2)13(19)18-9-11-6-4-7-12(8-11)14(15,16)17/h4,6-8,10H,3,5,9H2,1-2H3,(H,18,19). The third-order valence-corrected chi connectivity index (χ3v) is 2.89. The molecule has 1 N–H and O–H groups in total. The predicted molar refractivity (Wildman–Crippen MR) is 67.4 cm³/mol. The summed E-state index contributed by atoms with van der Waals surface area (Å²) in [4.78, 5) is 11.7. The number of hydrogen-bond acceptors (Lipinski definition) is 1. The Kier molecular flexibility index (Phi) is 5.39. The second-order valence-electron chi connectivity index (χ2n) is 4.61. The highest BCUT2D eigenvalue weighted by molar-refractivity contribution is 5.78. The first-order valence-electron chi connectivity index (χ1n) is 6.28. The third kappa shape index (κ3) is 4.93. The van der Waals surface area contributed by atoms with Crippen molar-refractivity contribution in [2.45, 2.75) is 39.4 Å². The van der Waals surface area contributed by atoms with Crippen LogP contribution in [0.3, 0.4) is 0 Å². The molecule has 5 heteroatoms. The molecule has 1 unspecified atom stereocenters. The molecule has 0 spiro atoms. The van der Waals surface area contributed by atoms with E-state index in [9.17, 15) is 18.0 Å². The van der Waals surface area contributed by atoms with Crippen LogP contribution in [0.1, 0.15) is 37.8 Å². The summed E-state index contributed by atoms with van der Waals surface area (Å²) in [6.07, 6.45) is -2.68. The molecule has 19 heavy (non-hydrogen) atoms. The van der Waals surface area contributed by atoms with Crippen LogP contribution >= 0.6 is 0 Å². The first-order chi connectivity index (χ1) is 8.84. The third-order valence-electron chi connectivity index (χ3n) is 2.89. The van der Waals surface area contributed by atoms with Crippen LogP contribution in [0.25, 0.3) is 0 Å². The van der Waals surface area contributed by atoms with Crippen LogP contribution < -0.4 is 5.32 Å². The maximum atomic E-state index is 12.5. The average molecular weight is 273 g/mol. The Balaban J connectivity index is 2.61. The SMILES string of the molecule is CCCC(C)C(=O)NCc1cccc(C(F)(F)F)c1. The lowest BCUT2D eigenvalue weighted by molar-refractivity contribution is -0.137. The second kappa shape index (κ2) is 6.59. The summed E-state index contributed by atoms with van der Waals surface area (Å²) >= 11 is 0. The first-order valence-corrected chi connectivity index (χ1v) is 6.28. The molecular weight excluding hydrogens is 255 g/mol. The first kappa shape index (κ1) is 15.5. The fraction of sp³-hybridized carbons (Fsp3) is 0.500. The maximum Gasteiger partial charge on any atom is 0.416 e. The second-order valence-corrected chi connectivity index (χ2v) is 4.61. The number of carbonyl (C=O) groups is 1. The monoisotopic (exact) mass is 273 g/mol. The molecule has 0 aliphatic heterocycles. The van der Waals surface area contributed by atoms with Gasteiger partial charge < -0.3 is 5.32 Å². The van der Waals surface area contributed by atoms with E-state index in [1.54, 1.807) is 6.07 Å². The number of nitrogens with one attached hydrogen (secondary N) is 1. The highest BCUT2D eigenvalue weighted by atomic mass is 19.4. The molecule has 0 bridgehead atoms. The Morgan fingerprint density at radius 3 is 2.63 bits per heavy atom. The lowest BCUT2D eigenvalue weighted by Crippen LogP contribution is -2.28. The predicted octanol–water partition coefficient (Wildman–Crippen LogP) is 3.76. The molecule has 1 aromatic rings. The molecule has 0 aliphatic carbocycles. The number of carbonyl (C=O) groups excluding carboxylic acids is 1. The van der Waals surface area contributed by atoms with Crippen molar-refractivity contribution in [1.82, 2.24) is 5.32 Å². The Morgan fingerprint density at radius 2 is 2.05 bits per heavy atom. The van der Waals surface area contributed by atoms with Crippen LogP contribution in [0.2, 0.25) is 0 Å². The van der Waals surface area contributed by atoms with Gasteiger partial charge in [-0.2, -0.15) is 13.2 Å². The molecular formula is C14H18F3NO. The Bertz CT molecular complexity index is 429. The summed E-state index contributed by atoms with van der Waals surface area (Å²) in [7, 11) is 0. The highest BCUT2D eigenvalue weighted by Crippen LogP contribution is 2.29. The Hall–Kier alpha value is -1.52. The van der Waals surface area contributed by atoms with Gasteiger partial charge in [-0.15, -0.1) is 0 Å². The summed E-state index contributed by atoms with van der Waals surface area (Å²) < 4.78 is 37.5. The van der Waals surface area contributed by atoms with Gasteiger partial charge in [-0.3, -0.25) is 4.79 Å². The van der Waals surface area contributed by atoms with Crippen molar-refractivity contribution >= 4 is 5.91 Å². The molecule has 0 fully saturated rings. The van der Waals surface area contributed by atoms with Gasteiger partial charge in [0.05, 0.1) is 5.56 Å². The Labute approximate surface area is 111 Å². The normalized spacial score (nSPS) is 13.1. The van der Waals surface area contributed by atoms with Crippen molar-refractivity contribution in [3.8, 4) is 0 Å². The van der Waals surface area contributed by atoms with Gasteiger partial charge in [-0.25, -0.2) is 0 Å². The number of benzene rings is 1. The topological polar surface area (TPSA) is 29.1 Å². The van der Waals surface area contributed by atoms with Crippen LogP contribution in [0.4, 0.5) is 13.2 Å². The fourth-order valence-corrected chi connectivity index (χ4v) is 1.79. The quantitative estimate of drug-likeness (QED) is 0.869. The van der Waals surface area contributed by atoms with Crippen LogP contribution in [0.5, 0.6) is 0 Å². The summed E-state index contributed by atoms with van der Waals surface area (Å²) in [6, 6.07) is 5.00. The molecule has 1 amide bonds. The van der Waals surface area contributed by atoms with E-state index in [1.165, 1.54) is 6.07 Å². The van der Waals surface area contributed by atoms with E-state index >= 15 is 0 Å². The van der Waals surface area contributed by atoms with Crippen LogP contribution in [-0.2, 0) is 17.5 Å². The number of hydrogen-bond donors (Lipinski definition) is 1. The van der Waals surface area contributed by atoms with Gasteiger partial charge in [0.15, 0.2) is 0 Å². The molecule has 0 heterocycles. The molecule has 0 aliphatic rings. The van der Waals surface area contributed by atoms with Gasteiger partial charge in [0.1, 0.15) is 0 Å². The molecule has 106 valence electrons. The van der Waals surface area contributed by atoms with E-state index in [1.807, 2.05) is 13.8 Å². The molecule has 0 saturated carbocycles. The number of rotatable bonds is 5. The van der Waals surface area contributed by atoms with Gasteiger partial charge in [0.2, 0.25) is 5.91 Å². The zero-order chi connectivity index (χ0) is 14.5. The molecule has 0 radical (unpaired) electrons. The van der Waals surface area contributed by atoms with Gasteiger partial charge in [0, 0.05) is 12.5 Å². The summed E-state index contributed by atoms with van der Waals surface area (Å²) in [6.45, 7) is 3.92. The lowest BCUT2D eigenvalue weighted by atomic mass is 10.1. The van der Waals surface area contributed by atoms with Crippen molar-refractivity contribution in [3.05, 3.63) is 35.4 Å². The summed E-state index contributed by atoms with van der Waals surface area (Å²) in [5.74, 6) is -0.241. The van der Waals surface area contributed by atoms with E-state index in [4.69, 9.17) is 0 Å². The zero-order valence-electron chi connectivity index (χ0n) is 11.1. The van der Waals surface area contributed by atoms with E-state index in [-0.39, 0.29) is 18.4 Å². The molecule has 0 aromatic heterocycles. The summed E-state index contributed by atoms with van der Waals surface area (Å²) in [5, 5.41) is 2.66. The maximum absolute atomic E-state index is 12.5. The highest BCUT2D eigenvalue weighted by Gasteiger charge is 2.30. The number of amides is 1. The van der Waals surface area contributed by atoms with Gasteiger partial charge in [0.25, 0.3) is 0 Å². The molecule has 2 nitrogen and oxygen atoms in total. The average Bonchev–Trinajstić information content (AvgIpc) is 2.35. The zero-order valence-corrected chi connectivity index (χ0v) is 11.1. The van der Waals surface area contributed by atoms with Crippen molar-refractivity contribution in [2.24, 2.45) is 5.92 Å². The van der Waals surface area contributed by atoms with Crippen LogP contribution in [0.15, 0.2) is 24.3 Å². The number of halogens is 3. The fourth-order valence-electron chi connectivity index (χ4n) is 1.79. The smallest absolute Gasteiger partial charge is 0.352 e. The van der Waals surface area contributed by atoms with Gasteiger partial charge in [-0.1, -0.05) is 32.4 Å². The van der Waals surface area contributed by atoms with Crippen LogP contribution in [0, 0.1) is 5.92 Å². The van der Waals surface area contributed by atoms with E-state index in [0.717, 1.165) is 25.0 Å². The largest absolute Gasteiger partial charge is 0.416 e. The van der Waals surface area contributed by atoms with Gasteiger partial charge >= 0.3 is 6.18 Å². The van der Waals surface area contributed by atoms with Gasteiger partial charge in [-0.05, 0) is 24.1 Å². The van der Waals surface area contributed by atoms with Crippen molar-refractivity contribution in [2.75, 3.05) is 0 Å². The van der Waals surface area contributed by atoms with E-state index < -0.39 is 11.7 Å². The van der Waals surface area contributed by atoms with E-state index in [2.05, 4.69) is 5.32 Å². The minimum atomic E-state index is -4.35. The minimum Gasteiger partial charge on any atom is -0.352 e. The van der Waals surface area contributed by atoms with Crippen LogP contribution in [-0.4, -0.2) is 5.91 Å². The molecule has 1 atom stereocenters. The van der Waals surface area contributed by atoms with Crippen molar-refractivity contribution in [3.63, 3.8) is 0 Å². The summed E-state index contributed by atoms with van der Waals surface area (Å²) in [5.41, 5.74) is -0.243. The Morgan fingerprint density at radius 1 is 1.37 bits per heavy atom. The minimum absolute atomic E-state index is 0.115. The van der Waals surface area contributed by atoms with Crippen molar-refractivity contribution in [1.29, 1.82) is 0 Å². The van der Waals surface area contributed by atoms with Crippen molar-refractivity contribution < 1.29 is 18.0 Å². The van der Waals surface area contributed by atoms with E-state index in [0.29, 0.717) is 5.56 Å². The molecule has 1 rings (SSSR count).